The van der Waals surface area contributed by atoms with Gasteiger partial charge in [-0.05, 0) is 44.3 Å². The number of likely N-dealkylation sites (N-methyl/N-ethyl adjacent to an activating group) is 1. The third kappa shape index (κ3) is 5.11. The predicted molar refractivity (Wildman–Crippen MR) is 80.2 cm³/mol. The molecule has 1 amide bonds. The molecule has 4 nitrogen and oxygen atoms in total. The molecule has 1 heterocycles. The van der Waals surface area contributed by atoms with Gasteiger partial charge in [0.25, 0.3) is 0 Å². The SMILES string of the molecule is CCCN(CC)CCNC(=O)C1NCCCC1(C)C. The van der Waals surface area contributed by atoms with Crippen molar-refractivity contribution in [2.75, 3.05) is 32.7 Å². The molecule has 0 aromatic heterocycles. The van der Waals surface area contributed by atoms with Crippen LogP contribution in [0.3, 0.4) is 0 Å². The maximum atomic E-state index is 12.2. The molecule has 1 fully saturated rings. The lowest BCUT2D eigenvalue weighted by atomic mass is 9.77. The molecule has 0 spiro atoms. The number of nitrogens with zero attached hydrogens (tertiary/aromatic N) is 1. The first-order valence-electron chi connectivity index (χ1n) is 7.74. The fraction of sp³-hybridized carbons (Fsp3) is 0.933. The lowest BCUT2D eigenvalue weighted by molar-refractivity contribution is -0.126. The number of carbonyl (C=O) groups excluding carboxylic acids is 1. The number of nitrogens with one attached hydrogen (secondary N) is 2. The number of rotatable bonds is 7. The van der Waals surface area contributed by atoms with Gasteiger partial charge in [-0.3, -0.25) is 4.79 Å². The van der Waals surface area contributed by atoms with E-state index >= 15 is 0 Å². The molecule has 4 heteroatoms. The molecule has 1 rings (SSSR count). The molecule has 1 aliphatic rings. The Morgan fingerprint density at radius 2 is 2.11 bits per heavy atom. The highest BCUT2D eigenvalue weighted by Gasteiger charge is 2.36. The van der Waals surface area contributed by atoms with Gasteiger partial charge in [-0.2, -0.15) is 0 Å². The molecule has 1 unspecified atom stereocenters. The summed E-state index contributed by atoms with van der Waals surface area (Å²) in [5.74, 6) is 0.164. The van der Waals surface area contributed by atoms with Gasteiger partial charge in [-0.25, -0.2) is 0 Å². The van der Waals surface area contributed by atoms with Gasteiger partial charge in [0.15, 0.2) is 0 Å². The molecule has 0 radical (unpaired) electrons. The maximum absolute atomic E-state index is 12.2. The molecule has 0 bridgehead atoms. The van der Waals surface area contributed by atoms with Crippen LogP contribution in [0.4, 0.5) is 0 Å². The molecule has 1 aliphatic heterocycles. The minimum absolute atomic E-state index is 0.0394. The third-order valence-corrected chi connectivity index (χ3v) is 4.10. The standard InChI is InChI=1S/C15H31N3O/c1-5-11-18(6-2)12-10-17-14(19)13-15(3,4)8-7-9-16-13/h13,16H,5-12H2,1-4H3,(H,17,19). The van der Waals surface area contributed by atoms with Crippen LogP contribution in [0.15, 0.2) is 0 Å². The number of hydrogen-bond donors (Lipinski definition) is 2. The Bertz CT molecular complexity index is 279. The summed E-state index contributed by atoms with van der Waals surface area (Å²) in [4.78, 5) is 14.6. The van der Waals surface area contributed by atoms with Crippen molar-refractivity contribution < 1.29 is 4.79 Å². The van der Waals surface area contributed by atoms with Crippen molar-refractivity contribution in [3.8, 4) is 0 Å². The fourth-order valence-corrected chi connectivity index (χ4v) is 2.84. The lowest BCUT2D eigenvalue weighted by Crippen LogP contribution is -2.56. The van der Waals surface area contributed by atoms with Gasteiger partial charge in [0.1, 0.15) is 0 Å². The normalized spacial score (nSPS) is 22.5. The minimum atomic E-state index is -0.0394. The van der Waals surface area contributed by atoms with Gasteiger partial charge in [-0.15, -0.1) is 0 Å². The van der Waals surface area contributed by atoms with Gasteiger partial charge < -0.3 is 15.5 Å². The third-order valence-electron chi connectivity index (χ3n) is 4.10. The van der Waals surface area contributed by atoms with Gasteiger partial charge in [0.2, 0.25) is 5.91 Å². The molecule has 0 aromatic rings. The zero-order valence-corrected chi connectivity index (χ0v) is 13.1. The number of piperidine rings is 1. The summed E-state index contributed by atoms with van der Waals surface area (Å²) in [6.45, 7) is 13.5. The fourth-order valence-electron chi connectivity index (χ4n) is 2.84. The van der Waals surface area contributed by atoms with Gasteiger partial charge >= 0.3 is 0 Å². The smallest absolute Gasteiger partial charge is 0.237 e. The maximum Gasteiger partial charge on any atom is 0.237 e. The minimum Gasteiger partial charge on any atom is -0.353 e. The van der Waals surface area contributed by atoms with Crippen LogP contribution in [-0.4, -0.2) is 49.6 Å². The quantitative estimate of drug-likeness (QED) is 0.738. The second kappa shape index (κ2) is 7.85. The zero-order chi connectivity index (χ0) is 14.3. The van der Waals surface area contributed by atoms with Crippen molar-refractivity contribution in [3.63, 3.8) is 0 Å². The molecule has 2 N–H and O–H groups in total. The van der Waals surface area contributed by atoms with Crippen LogP contribution in [0, 0.1) is 5.41 Å². The molecular weight excluding hydrogens is 238 g/mol. The van der Waals surface area contributed by atoms with Gasteiger partial charge in [-0.1, -0.05) is 27.7 Å². The van der Waals surface area contributed by atoms with Crippen molar-refractivity contribution in [1.82, 2.24) is 15.5 Å². The highest BCUT2D eigenvalue weighted by Crippen LogP contribution is 2.29. The second-order valence-electron chi connectivity index (χ2n) is 6.20. The van der Waals surface area contributed by atoms with Crippen molar-refractivity contribution in [3.05, 3.63) is 0 Å². The van der Waals surface area contributed by atoms with Crippen LogP contribution in [-0.2, 0) is 4.79 Å². The Morgan fingerprint density at radius 1 is 1.37 bits per heavy atom. The van der Waals surface area contributed by atoms with E-state index < -0.39 is 0 Å². The van der Waals surface area contributed by atoms with E-state index in [9.17, 15) is 4.79 Å². The Kier molecular flexibility index (Phi) is 6.80. The van der Waals surface area contributed by atoms with Crippen LogP contribution in [0.1, 0.15) is 47.0 Å². The first-order valence-corrected chi connectivity index (χ1v) is 7.74. The average Bonchev–Trinajstić information content (AvgIpc) is 2.37. The predicted octanol–water partition coefficient (Wildman–Crippen LogP) is 1.61. The first kappa shape index (κ1) is 16.4. The summed E-state index contributed by atoms with van der Waals surface area (Å²) in [5, 5.41) is 6.45. The molecule has 112 valence electrons. The van der Waals surface area contributed by atoms with E-state index in [1.54, 1.807) is 0 Å². The summed E-state index contributed by atoms with van der Waals surface area (Å²) in [5.41, 5.74) is 0.0657. The summed E-state index contributed by atoms with van der Waals surface area (Å²) >= 11 is 0. The zero-order valence-electron chi connectivity index (χ0n) is 13.1. The van der Waals surface area contributed by atoms with E-state index in [0.717, 1.165) is 45.6 Å². The van der Waals surface area contributed by atoms with Crippen molar-refractivity contribution in [2.24, 2.45) is 5.41 Å². The topological polar surface area (TPSA) is 44.4 Å². The van der Waals surface area contributed by atoms with E-state index in [-0.39, 0.29) is 17.4 Å². The van der Waals surface area contributed by atoms with Crippen LogP contribution in [0.25, 0.3) is 0 Å². The Morgan fingerprint density at radius 3 is 2.68 bits per heavy atom. The van der Waals surface area contributed by atoms with E-state index in [1.165, 1.54) is 6.42 Å². The lowest BCUT2D eigenvalue weighted by Gasteiger charge is -2.38. The van der Waals surface area contributed by atoms with E-state index in [1.807, 2.05) is 0 Å². The van der Waals surface area contributed by atoms with Crippen LogP contribution in [0.2, 0.25) is 0 Å². The highest BCUT2D eigenvalue weighted by molar-refractivity contribution is 5.82. The van der Waals surface area contributed by atoms with Gasteiger partial charge in [0, 0.05) is 13.1 Å². The largest absolute Gasteiger partial charge is 0.353 e. The van der Waals surface area contributed by atoms with Gasteiger partial charge in [0.05, 0.1) is 6.04 Å². The Balaban J connectivity index is 2.34. The number of hydrogen-bond acceptors (Lipinski definition) is 3. The molecule has 0 aromatic carbocycles. The van der Waals surface area contributed by atoms with Crippen LogP contribution < -0.4 is 10.6 Å². The monoisotopic (exact) mass is 269 g/mol. The van der Waals surface area contributed by atoms with E-state index in [2.05, 4.69) is 43.2 Å². The van der Waals surface area contributed by atoms with Crippen molar-refractivity contribution >= 4 is 5.91 Å². The van der Waals surface area contributed by atoms with Crippen LogP contribution in [0.5, 0.6) is 0 Å². The molecule has 19 heavy (non-hydrogen) atoms. The van der Waals surface area contributed by atoms with Crippen molar-refractivity contribution in [1.29, 1.82) is 0 Å². The van der Waals surface area contributed by atoms with E-state index in [0.29, 0.717) is 0 Å². The number of amides is 1. The summed E-state index contributed by atoms with van der Waals surface area (Å²) < 4.78 is 0. The highest BCUT2D eigenvalue weighted by atomic mass is 16.2. The number of carbonyl (C=O) groups is 1. The van der Waals surface area contributed by atoms with E-state index in [4.69, 9.17) is 0 Å². The second-order valence-corrected chi connectivity index (χ2v) is 6.20. The molecular formula is C15H31N3O. The first-order chi connectivity index (χ1) is 9.01. The molecule has 0 aliphatic carbocycles. The summed E-state index contributed by atoms with van der Waals surface area (Å²) in [6, 6.07) is -0.0394. The summed E-state index contributed by atoms with van der Waals surface area (Å²) in [6.07, 6.45) is 3.45. The molecule has 1 atom stereocenters. The van der Waals surface area contributed by atoms with Crippen LogP contribution >= 0.6 is 0 Å². The molecule has 0 saturated carbocycles. The average molecular weight is 269 g/mol. The van der Waals surface area contributed by atoms with Crippen molar-refractivity contribution in [2.45, 2.75) is 53.0 Å². The summed E-state index contributed by atoms with van der Waals surface area (Å²) in [7, 11) is 0. The molecule has 1 saturated heterocycles. The Labute approximate surface area is 118 Å². The Hall–Kier alpha value is -0.610.